The van der Waals surface area contributed by atoms with Gasteiger partial charge in [-0.3, -0.25) is 4.79 Å². The summed E-state index contributed by atoms with van der Waals surface area (Å²) in [6.07, 6.45) is 0. The lowest BCUT2D eigenvalue weighted by atomic mass is 9.87. The van der Waals surface area contributed by atoms with E-state index in [2.05, 4.69) is 41.6 Å². The van der Waals surface area contributed by atoms with Gasteiger partial charge in [-0.15, -0.1) is 10.2 Å². The first-order valence-electron chi connectivity index (χ1n) is 8.08. The maximum atomic E-state index is 12.3. The van der Waals surface area contributed by atoms with E-state index >= 15 is 0 Å². The number of hydrogen-bond acceptors (Lipinski definition) is 4. The van der Waals surface area contributed by atoms with Gasteiger partial charge < -0.3 is 10.6 Å². The minimum Gasteiger partial charge on any atom is -0.364 e. The minimum absolute atomic E-state index is 0.0872. The van der Waals surface area contributed by atoms with E-state index in [1.807, 2.05) is 45.0 Å². The summed E-state index contributed by atoms with van der Waals surface area (Å²) >= 11 is 0. The van der Waals surface area contributed by atoms with Crippen molar-refractivity contribution in [1.29, 1.82) is 0 Å². The number of amides is 1. The Labute approximate surface area is 143 Å². The van der Waals surface area contributed by atoms with Gasteiger partial charge >= 0.3 is 0 Å². The number of aromatic nitrogens is 2. The Bertz CT molecular complexity index is 692. The standard InChI is InChI=1S/C19H26N4O/c1-18(2,3)13-7-9-14(10-8-13)20-17(24)15-11-12-16(23-22-15)21-19(4,5)6/h7-12H,1-6H3,(H,20,24)(H,21,23). The highest BCUT2D eigenvalue weighted by Crippen LogP contribution is 2.23. The van der Waals surface area contributed by atoms with Gasteiger partial charge in [-0.2, -0.15) is 0 Å². The van der Waals surface area contributed by atoms with Crippen LogP contribution in [0.2, 0.25) is 0 Å². The van der Waals surface area contributed by atoms with Crippen LogP contribution in [0.1, 0.15) is 57.6 Å². The van der Waals surface area contributed by atoms with Gasteiger partial charge in [0.2, 0.25) is 0 Å². The van der Waals surface area contributed by atoms with E-state index in [1.165, 1.54) is 5.56 Å². The fourth-order valence-corrected chi connectivity index (χ4v) is 2.15. The molecule has 5 nitrogen and oxygen atoms in total. The van der Waals surface area contributed by atoms with Crippen LogP contribution in [0.15, 0.2) is 36.4 Å². The average Bonchev–Trinajstić information content (AvgIpc) is 2.46. The number of rotatable bonds is 3. The lowest BCUT2D eigenvalue weighted by Gasteiger charge is -2.20. The number of hydrogen-bond donors (Lipinski definition) is 2. The molecule has 5 heteroatoms. The number of anilines is 2. The van der Waals surface area contributed by atoms with Crippen LogP contribution in [0.5, 0.6) is 0 Å². The lowest BCUT2D eigenvalue weighted by Crippen LogP contribution is -2.27. The van der Waals surface area contributed by atoms with Gasteiger partial charge in [0, 0.05) is 11.2 Å². The van der Waals surface area contributed by atoms with Crippen LogP contribution < -0.4 is 10.6 Å². The molecule has 1 amide bonds. The number of carbonyl (C=O) groups excluding carboxylic acids is 1. The molecule has 2 aromatic rings. The molecule has 0 fully saturated rings. The molecule has 0 saturated heterocycles. The zero-order valence-corrected chi connectivity index (χ0v) is 15.3. The molecule has 24 heavy (non-hydrogen) atoms. The van der Waals surface area contributed by atoms with Crippen LogP contribution in [-0.2, 0) is 5.41 Å². The maximum Gasteiger partial charge on any atom is 0.276 e. The van der Waals surface area contributed by atoms with Crippen LogP contribution in [-0.4, -0.2) is 21.6 Å². The second-order valence-electron chi connectivity index (χ2n) is 7.96. The monoisotopic (exact) mass is 326 g/mol. The topological polar surface area (TPSA) is 66.9 Å². The summed E-state index contributed by atoms with van der Waals surface area (Å²) in [7, 11) is 0. The van der Waals surface area contributed by atoms with E-state index in [0.29, 0.717) is 5.82 Å². The normalized spacial score (nSPS) is 11.9. The number of benzene rings is 1. The van der Waals surface area contributed by atoms with E-state index in [9.17, 15) is 4.79 Å². The van der Waals surface area contributed by atoms with Gasteiger partial charge in [-0.05, 0) is 56.0 Å². The van der Waals surface area contributed by atoms with E-state index in [-0.39, 0.29) is 22.6 Å². The van der Waals surface area contributed by atoms with Crippen molar-refractivity contribution in [3.05, 3.63) is 47.7 Å². The highest BCUT2D eigenvalue weighted by Gasteiger charge is 2.15. The first kappa shape index (κ1) is 17.9. The van der Waals surface area contributed by atoms with Gasteiger partial charge in [0.25, 0.3) is 5.91 Å². The summed E-state index contributed by atoms with van der Waals surface area (Å²) in [6.45, 7) is 12.6. The van der Waals surface area contributed by atoms with Gasteiger partial charge in [-0.25, -0.2) is 0 Å². The summed E-state index contributed by atoms with van der Waals surface area (Å²) in [6, 6.07) is 11.3. The molecule has 0 aliphatic rings. The van der Waals surface area contributed by atoms with Crippen molar-refractivity contribution in [3.8, 4) is 0 Å². The van der Waals surface area contributed by atoms with E-state index in [4.69, 9.17) is 0 Å². The Morgan fingerprint density at radius 2 is 1.50 bits per heavy atom. The first-order chi connectivity index (χ1) is 11.0. The summed E-state index contributed by atoms with van der Waals surface area (Å²) in [5, 5.41) is 14.1. The second kappa shape index (κ2) is 6.59. The molecule has 0 radical (unpaired) electrons. The largest absolute Gasteiger partial charge is 0.364 e. The van der Waals surface area contributed by atoms with Crippen LogP contribution in [0.4, 0.5) is 11.5 Å². The predicted octanol–water partition coefficient (Wildman–Crippen LogP) is 4.24. The highest BCUT2D eigenvalue weighted by atomic mass is 16.1. The van der Waals surface area contributed by atoms with E-state index in [0.717, 1.165) is 5.69 Å². The molecule has 1 heterocycles. The van der Waals surface area contributed by atoms with Crippen molar-refractivity contribution < 1.29 is 4.79 Å². The summed E-state index contributed by atoms with van der Waals surface area (Å²) in [5.74, 6) is 0.377. The van der Waals surface area contributed by atoms with Crippen molar-refractivity contribution >= 4 is 17.4 Å². The molecule has 0 bridgehead atoms. The summed E-state index contributed by atoms with van der Waals surface area (Å²) < 4.78 is 0. The summed E-state index contributed by atoms with van der Waals surface area (Å²) in [4.78, 5) is 12.3. The SMILES string of the molecule is CC(C)(C)Nc1ccc(C(=O)Nc2ccc(C(C)(C)C)cc2)nn1. The Balaban J connectivity index is 2.04. The molecule has 1 aromatic carbocycles. The van der Waals surface area contributed by atoms with Gasteiger partial charge in [-0.1, -0.05) is 32.9 Å². The van der Waals surface area contributed by atoms with Crippen LogP contribution in [0.3, 0.4) is 0 Å². The van der Waals surface area contributed by atoms with Crippen LogP contribution >= 0.6 is 0 Å². The molecular weight excluding hydrogens is 300 g/mol. The second-order valence-corrected chi connectivity index (χ2v) is 7.96. The molecule has 0 aliphatic heterocycles. The average molecular weight is 326 g/mol. The van der Waals surface area contributed by atoms with E-state index < -0.39 is 0 Å². The number of nitrogens with zero attached hydrogens (tertiary/aromatic N) is 2. The Kier molecular flexibility index (Phi) is 4.92. The fraction of sp³-hybridized carbons (Fsp3) is 0.421. The molecular formula is C19H26N4O. The van der Waals surface area contributed by atoms with Gasteiger partial charge in [0.15, 0.2) is 5.69 Å². The Morgan fingerprint density at radius 1 is 0.875 bits per heavy atom. The third kappa shape index (κ3) is 5.05. The van der Waals surface area contributed by atoms with Gasteiger partial charge in [0.1, 0.15) is 5.82 Å². The lowest BCUT2D eigenvalue weighted by molar-refractivity contribution is 0.102. The van der Waals surface area contributed by atoms with Gasteiger partial charge in [0.05, 0.1) is 0 Å². The van der Waals surface area contributed by atoms with Crippen molar-refractivity contribution in [2.75, 3.05) is 10.6 Å². The molecule has 0 saturated carbocycles. The number of nitrogens with one attached hydrogen (secondary N) is 2. The van der Waals surface area contributed by atoms with Crippen molar-refractivity contribution in [3.63, 3.8) is 0 Å². The molecule has 0 atom stereocenters. The quantitative estimate of drug-likeness (QED) is 0.885. The van der Waals surface area contributed by atoms with Crippen molar-refractivity contribution in [2.24, 2.45) is 0 Å². The molecule has 128 valence electrons. The van der Waals surface area contributed by atoms with Crippen molar-refractivity contribution in [2.45, 2.75) is 52.5 Å². The molecule has 1 aromatic heterocycles. The maximum absolute atomic E-state index is 12.3. The minimum atomic E-state index is -0.270. The highest BCUT2D eigenvalue weighted by molar-refractivity contribution is 6.02. The molecule has 0 unspecified atom stereocenters. The first-order valence-corrected chi connectivity index (χ1v) is 8.08. The molecule has 0 spiro atoms. The smallest absolute Gasteiger partial charge is 0.276 e. The predicted molar refractivity (Wildman–Crippen MR) is 98.5 cm³/mol. The van der Waals surface area contributed by atoms with E-state index in [1.54, 1.807) is 12.1 Å². The third-order valence-corrected chi connectivity index (χ3v) is 3.41. The Hall–Kier alpha value is -2.43. The molecule has 0 aliphatic carbocycles. The molecule has 2 N–H and O–H groups in total. The molecule has 2 rings (SSSR count). The summed E-state index contributed by atoms with van der Waals surface area (Å²) in [5.41, 5.74) is 2.23. The van der Waals surface area contributed by atoms with Crippen LogP contribution in [0.25, 0.3) is 0 Å². The number of carbonyl (C=O) groups is 1. The zero-order chi connectivity index (χ0) is 18.0. The fourth-order valence-electron chi connectivity index (χ4n) is 2.15. The van der Waals surface area contributed by atoms with Crippen LogP contribution in [0, 0.1) is 0 Å². The zero-order valence-electron chi connectivity index (χ0n) is 15.3. The Morgan fingerprint density at radius 3 is 1.96 bits per heavy atom. The van der Waals surface area contributed by atoms with Crippen molar-refractivity contribution in [1.82, 2.24) is 10.2 Å². The third-order valence-electron chi connectivity index (χ3n) is 3.41.